The first kappa shape index (κ1) is 12.5. The van der Waals surface area contributed by atoms with E-state index in [0.29, 0.717) is 6.04 Å². The molecule has 1 aliphatic heterocycles. The maximum absolute atomic E-state index is 4.85. The summed E-state index contributed by atoms with van der Waals surface area (Å²) >= 11 is 0. The van der Waals surface area contributed by atoms with E-state index < -0.39 is 0 Å². The molecule has 0 radical (unpaired) electrons. The third kappa shape index (κ3) is 2.01. The molecule has 3 aromatic rings. The lowest BCUT2D eigenvalue weighted by Gasteiger charge is -2.20. The molecule has 3 aromatic heterocycles. The summed E-state index contributed by atoms with van der Waals surface area (Å²) in [6.45, 7) is 1.12. The molecule has 5 nitrogen and oxygen atoms in total. The highest BCUT2D eigenvalue weighted by molar-refractivity contribution is 5.73. The van der Waals surface area contributed by atoms with Crippen molar-refractivity contribution in [2.24, 2.45) is 0 Å². The molecule has 0 saturated carbocycles. The van der Waals surface area contributed by atoms with E-state index >= 15 is 0 Å². The lowest BCUT2D eigenvalue weighted by atomic mass is 10.2. The van der Waals surface area contributed by atoms with E-state index in [0.717, 1.165) is 35.6 Å². The smallest absolute Gasteiger partial charge is 0.164 e. The molecule has 1 atom stereocenters. The summed E-state index contributed by atoms with van der Waals surface area (Å²) in [4.78, 5) is 16.0. The summed E-state index contributed by atoms with van der Waals surface area (Å²) in [6.07, 6.45) is 7.83. The Morgan fingerprint density at radius 2 is 2.10 bits per heavy atom. The average Bonchev–Trinajstić information content (AvgIpc) is 3.11. The number of imidazole rings is 1. The number of hydrogen-bond donors (Lipinski definition) is 0. The summed E-state index contributed by atoms with van der Waals surface area (Å²) in [7, 11) is 2.16. The molecule has 0 N–H and O–H groups in total. The van der Waals surface area contributed by atoms with Gasteiger partial charge in [0.15, 0.2) is 5.65 Å². The second kappa shape index (κ2) is 4.93. The Morgan fingerprint density at radius 1 is 1.19 bits per heavy atom. The fraction of sp³-hybridized carbons (Fsp3) is 0.312. The molecule has 5 heteroatoms. The molecule has 1 aliphatic rings. The molecule has 1 unspecified atom stereocenters. The molecule has 0 aromatic carbocycles. The SMILES string of the molecule is CN1CCCC1c1nc2cccnc2n1-c1cccnc1. The number of pyridine rings is 2. The first-order valence-corrected chi connectivity index (χ1v) is 7.28. The van der Waals surface area contributed by atoms with Gasteiger partial charge in [0.1, 0.15) is 11.3 Å². The van der Waals surface area contributed by atoms with E-state index in [2.05, 4.69) is 32.5 Å². The van der Waals surface area contributed by atoms with Crippen LogP contribution in [0.3, 0.4) is 0 Å². The van der Waals surface area contributed by atoms with Crippen molar-refractivity contribution in [1.82, 2.24) is 24.4 Å². The van der Waals surface area contributed by atoms with Crippen molar-refractivity contribution in [3.8, 4) is 5.69 Å². The Kier molecular flexibility index (Phi) is 2.93. The lowest BCUT2D eigenvalue weighted by Crippen LogP contribution is -2.21. The second-order valence-corrected chi connectivity index (χ2v) is 5.50. The maximum atomic E-state index is 4.85. The summed E-state index contributed by atoms with van der Waals surface area (Å²) < 4.78 is 2.15. The fourth-order valence-electron chi connectivity index (χ4n) is 3.13. The molecule has 1 saturated heterocycles. The molecule has 21 heavy (non-hydrogen) atoms. The van der Waals surface area contributed by atoms with Crippen LogP contribution in [-0.4, -0.2) is 38.0 Å². The predicted molar refractivity (Wildman–Crippen MR) is 81.3 cm³/mol. The van der Waals surface area contributed by atoms with Gasteiger partial charge in [-0.3, -0.25) is 14.5 Å². The Labute approximate surface area is 123 Å². The van der Waals surface area contributed by atoms with Crippen molar-refractivity contribution in [2.75, 3.05) is 13.6 Å². The van der Waals surface area contributed by atoms with E-state index in [1.54, 1.807) is 6.20 Å². The minimum atomic E-state index is 0.347. The van der Waals surface area contributed by atoms with Crippen LogP contribution in [-0.2, 0) is 0 Å². The number of hydrogen-bond acceptors (Lipinski definition) is 4. The molecular formula is C16H17N5. The van der Waals surface area contributed by atoms with Gasteiger partial charge in [0, 0.05) is 12.4 Å². The highest BCUT2D eigenvalue weighted by Crippen LogP contribution is 2.33. The Bertz CT molecular complexity index is 765. The second-order valence-electron chi connectivity index (χ2n) is 5.50. The topological polar surface area (TPSA) is 46.8 Å². The summed E-state index contributed by atoms with van der Waals surface area (Å²) in [5, 5.41) is 0. The molecular weight excluding hydrogens is 262 g/mol. The quantitative estimate of drug-likeness (QED) is 0.723. The average molecular weight is 279 g/mol. The number of aromatic nitrogens is 4. The Hall–Kier alpha value is -2.27. The molecule has 0 bridgehead atoms. The first-order valence-electron chi connectivity index (χ1n) is 7.28. The Morgan fingerprint density at radius 3 is 2.86 bits per heavy atom. The zero-order valence-corrected chi connectivity index (χ0v) is 12.0. The summed E-state index contributed by atoms with van der Waals surface area (Å²) in [5.41, 5.74) is 2.87. The van der Waals surface area contributed by atoms with Crippen LogP contribution < -0.4 is 0 Å². The maximum Gasteiger partial charge on any atom is 0.164 e. The summed E-state index contributed by atoms with van der Waals surface area (Å²) in [5.74, 6) is 1.07. The van der Waals surface area contributed by atoms with Gasteiger partial charge in [-0.1, -0.05) is 0 Å². The molecule has 0 amide bonds. The minimum Gasteiger partial charge on any atom is -0.297 e. The number of nitrogens with zero attached hydrogens (tertiary/aromatic N) is 5. The molecule has 0 aliphatic carbocycles. The number of likely N-dealkylation sites (tertiary alicyclic amines) is 1. The third-order valence-corrected chi connectivity index (χ3v) is 4.16. The van der Waals surface area contributed by atoms with Crippen LogP contribution in [0.5, 0.6) is 0 Å². The van der Waals surface area contributed by atoms with Crippen LogP contribution in [0.25, 0.3) is 16.9 Å². The first-order chi connectivity index (χ1) is 10.3. The van der Waals surface area contributed by atoms with Gasteiger partial charge in [-0.05, 0) is 50.7 Å². The van der Waals surface area contributed by atoms with Crippen LogP contribution in [0.1, 0.15) is 24.7 Å². The van der Waals surface area contributed by atoms with Crippen LogP contribution in [0.4, 0.5) is 0 Å². The van der Waals surface area contributed by atoms with Gasteiger partial charge < -0.3 is 0 Å². The van der Waals surface area contributed by atoms with Gasteiger partial charge in [-0.25, -0.2) is 9.97 Å². The van der Waals surface area contributed by atoms with Crippen LogP contribution in [0, 0.1) is 0 Å². The van der Waals surface area contributed by atoms with Crippen LogP contribution in [0.15, 0.2) is 42.9 Å². The van der Waals surface area contributed by atoms with Gasteiger partial charge in [-0.15, -0.1) is 0 Å². The van der Waals surface area contributed by atoms with E-state index in [1.807, 2.05) is 30.6 Å². The van der Waals surface area contributed by atoms with E-state index in [9.17, 15) is 0 Å². The summed E-state index contributed by atoms with van der Waals surface area (Å²) in [6, 6.07) is 8.31. The zero-order valence-electron chi connectivity index (χ0n) is 12.0. The van der Waals surface area contributed by atoms with Crippen molar-refractivity contribution in [3.63, 3.8) is 0 Å². The molecule has 0 spiro atoms. The van der Waals surface area contributed by atoms with Crippen molar-refractivity contribution in [2.45, 2.75) is 18.9 Å². The molecule has 106 valence electrons. The number of rotatable bonds is 2. The molecule has 1 fully saturated rings. The van der Waals surface area contributed by atoms with Crippen LogP contribution >= 0.6 is 0 Å². The number of fused-ring (bicyclic) bond motifs is 1. The lowest BCUT2D eigenvalue weighted by molar-refractivity contribution is 0.304. The normalized spacial score (nSPS) is 19.4. The van der Waals surface area contributed by atoms with E-state index in [1.165, 1.54) is 6.42 Å². The largest absolute Gasteiger partial charge is 0.297 e. The van der Waals surface area contributed by atoms with Crippen molar-refractivity contribution in [3.05, 3.63) is 48.7 Å². The van der Waals surface area contributed by atoms with Crippen molar-refractivity contribution >= 4 is 11.2 Å². The molecule has 4 heterocycles. The fourth-order valence-corrected chi connectivity index (χ4v) is 3.13. The van der Waals surface area contributed by atoms with E-state index in [-0.39, 0.29) is 0 Å². The van der Waals surface area contributed by atoms with Gasteiger partial charge in [0.2, 0.25) is 0 Å². The van der Waals surface area contributed by atoms with Gasteiger partial charge >= 0.3 is 0 Å². The third-order valence-electron chi connectivity index (χ3n) is 4.16. The standard InChI is InChI=1S/C16H17N5/c1-20-10-4-7-14(20)16-19-13-6-3-9-18-15(13)21(16)12-5-2-8-17-11-12/h2-3,5-6,8-9,11,14H,4,7,10H2,1H3. The van der Waals surface area contributed by atoms with Crippen molar-refractivity contribution < 1.29 is 0 Å². The Balaban J connectivity index is 1.97. The van der Waals surface area contributed by atoms with Gasteiger partial charge in [0.05, 0.1) is 17.9 Å². The monoisotopic (exact) mass is 279 g/mol. The highest BCUT2D eigenvalue weighted by atomic mass is 15.2. The molecule has 4 rings (SSSR count). The van der Waals surface area contributed by atoms with E-state index in [4.69, 9.17) is 4.98 Å². The van der Waals surface area contributed by atoms with Gasteiger partial charge in [-0.2, -0.15) is 0 Å². The highest BCUT2D eigenvalue weighted by Gasteiger charge is 2.28. The minimum absolute atomic E-state index is 0.347. The van der Waals surface area contributed by atoms with Crippen molar-refractivity contribution in [1.29, 1.82) is 0 Å². The predicted octanol–water partition coefficient (Wildman–Crippen LogP) is 2.58. The van der Waals surface area contributed by atoms with Gasteiger partial charge in [0.25, 0.3) is 0 Å². The zero-order chi connectivity index (χ0) is 14.2. The van der Waals surface area contributed by atoms with Crippen LogP contribution in [0.2, 0.25) is 0 Å².